The van der Waals surface area contributed by atoms with Crippen LogP contribution in [0.15, 0.2) is 60.9 Å². The summed E-state index contributed by atoms with van der Waals surface area (Å²) in [6.07, 6.45) is 3.26. The lowest BCUT2D eigenvalue weighted by atomic mass is 10.1. The number of nitrogens with one attached hydrogen (secondary N) is 1. The Bertz CT molecular complexity index is 1100. The van der Waals surface area contributed by atoms with Crippen molar-refractivity contribution in [1.29, 1.82) is 0 Å². The summed E-state index contributed by atoms with van der Waals surface area (Å²) in [5.41, 5.74) is 2.19. The molecular weight excluding hydrogens is 393 g/mol. The van der Waals surface area contributed by atoms with Crippen molar-refractivity contribution in [3.8, 4) is 0 Å². The first-order valence-electron chi connectivity index (χ1n) is 9.08. The molecule has 0 saturated carbocycles. The summed E-state index contributed by atoms with van der Waals surface area (Å²) in [5, 5.41) is 2.57. The predicted molar refractivity (Wildman–Crippen MR) is 108 cm³/mol. The van der Waals surface area contributed by atoms with Crippen molar-refractivity contribution in [3.05, 3.63) is 89.3 Å². The van der Waals surface area contributed by atoms with Crippen LogP contribution in [0.4, 0.5) is 4.39 Å². The van der Waals surface area contributed by atoms with E-state index < -0.39 is 21.5 Å². The molecule has 0 aliphatic rings. The fourth-order valence-corrected chi connectivity index (χ4v) is 4.16. The third-order valence-corrected chi connectivity index (χ3v) is 5.81. The molecule has 0 saturated heterocycles. The molecule has 3 aromatic rings. The number of carbonyl (C=O) groups is 1. The number of benzene rings is 2. The maximum Gasteiger partial charge on any atom is 0.235 e. The highest BCUT2D eigenvalue weighted by atomic mass is 32.2. The summed E-state index contributed by atoms with van der Waals surface area (Å²) >= 11 is 0. The molecular formula is C21H22FN3O3S. The Hall–Kier alpha value is -3.00. The van der Waals surface area contributed by atoms with Crippen molar-refractivity contribution >= 4 is 15.7 Å². The maximum atomic E-state index is 13.3. The molecule has 0 radical (unpaired) electrons. The number of rotatable bonds is 8. The molecule has 0 fully saturated rings. The van der Waals surface area contributed by atoms with Crippen LogP contribution in [0.1, 0.15) is 22.5 Å². The van der Waals surface area contributed by atoms with Crippen LogP contribution in [-0.4, -0.2) is 29.6 Å². The van der Waals surface area contributed by atoms with Gasteiger partial charge in [0.1, 0.15) is 23.1 Å². The Kier molecular flexibility index (Phi) is 6.43. The van der Waals surface area contributed by atoms with E-state index in [1.165, 1.54) is 6.07 Å². The fraction of sp³-hybridized carbons (Fsp3) is 0.238. The van der Waals surface area contributed by atoms with Crippen molar-refractivity contribution < 1.29 is 17.6 Å². The zero-order valence-electron chi connectivity index (χ0n) is 16.0. The number of aromatic nitrogens is 2. The number of sulfone groups is 1. The quantitative estimate of drug-likeness (QED) is 0.613. The summed E-state index contributed by atoms with van der Waals surface area (Å²) in [6, 6.07) is 14.1. The van der Waals surface area contributed by atoms with Gasteiger partial charge in [-0.2, -0.15) is 0 Å². The first-order valence-corrected chi connectivity index (χ1v) is 10.9. The number of carbonyl (C=O) groups excluding carboxylic acids is 1. The van der Waals surface area contributed by atoms with Gasteiger partial charge in [0.05, 0.1) is 0 Å². The minimum absolute atomic E-state index is 0.137. The van der Waals surface area contributed by atoms with E-state index in [0.717, 1.165) is 5.56 Å². The van der Waals surface area contributed by atoms with E-state index in [9.17, 15) is 17.6 Å². The van der Waals surface area contributed by atoms with Gasteiger partial charge < -0.3 is 9.88 Å². The van der Waals surface area contributed by atoms with Crippen molar-refractivity contribution in [3.63, 3.8) is 0 Å². The second kappa shape index (κ2) is 9.00. The van der Waals surface area contributed by atoms with Crippen molar-refractivity contribution in [2.75, 3.05) is 5.75 Å². The second-order valence-electron chi connectivity index (χ2n) is 6.85. The van der Waals surface area contributed by atoms with Gasteiger partial charge in [0.2, 0.25) is 5.91 Å². The fourth-order valence-electron chi connectivity index (χ4n) is 2.92. The first kappa shape index (κ1) is 20.7. The average Bonchev–Trinajstić information content (AvgIpc) is 3.09. The highest BCUT2D eigenvalue weighted by molar-refractivity contribution is 7.91. The van der Waals surface area contributed by atoms with E-state index in [-0.39, 0.29) is 18.1 Å². The number of hydrogen-bond acceptors (Lipinski definition) is 4. The molecule has 8 heteroatoms. The average molecular weight is 415 g/mol. The molecule has 0 aliphatic heterocycles. The van der Waals surface area contributed by atoms with Gasteiger partial charge in [-0.05, 0) is 29.7 Å². The second-order valence-corrected chi connectivity index (χ2v) is 8.91. The molecule has 29 heavy (non-hydrogen) atoms. The van der Waals surface area contributed by atoms with Gasteiger partial charge >= 0.3 is 0 Å². The Morgan fingerprint density at radius 3 is 2.62 bits per heavy atom. The lowest BCUT2D eigenvalue weighted by Crippen LogP contribution is -2.31. The molecule has 2 aromatic carbocycles. The van der Waals surface area contributed by atoms with Crippen LogP contribution in [0, 0.1) is 12.7 Å². The Morgan fingerprint density at radius 1 is 1.14 bits per heavy atom. The molecule has 1 amide bonds. The van der Waals surface area contributed by atoms with Gasteiger partial charge in [-0.1, -0.05) is 42.5 Å². The zero-order valence-corrected chi connectivity index (χ0v) is 16.8. The van der Waals surface area contributed by atoms with E-state index in [1.807, 2.05) is 30.3 Å². The first-order chi connectivity index (χ1) is 13.8. The smallest absolute Gasteiger partial charge is 0.235 e. The summed E-state index contributed by atoms with van der Waals surface area (Å²) in [6.45, 7) is 2.27. The van der Waals surface area contributed by atoms with Crippen molar-refractivity contribution in [2.45, 2.75) is 25.8 Å². The van der Waals surface area contributed by atoms with Crippen LogP contribution in [0.25, 0.3) is 0 Å². The van der Waals surface area contributed by atoms with Crippen LogP contribution >= 0.6 is 0 Å². The van der Waals surface area contributed by atoms with Crippen LogP contribution in [0.2, 0.25) is 0 Å². The van der Waals surface area contributed by atoms with Crippen LogP contribution in [-0.2, 0) is 33.5 Å². The van der Waals surface area contributed by atoms with E-state index in [1.54, 1.807) is 36.0 Å². The van der Waals surface area contributed by atoms with E-state index in [4.69, 9.17) is 0 Å². The number of aryl methyl sites for hydroxylation is 1. The third-order valence-electron chi connectivity index (χ3n) is 4.41. The van der Waals surface area contributed by atoms with Gasteiger partial charge in [-0.25, -0.2) is 17.8 Å². The van der Waals surface area contributed by atoms with E-state index in [2.05, 4.69) is 10.3 Å². The largest absolute Gasteiger partial charge is 0.351 e. The number of nitrogens with zero attached hydrogens (tertiary/aromatic N) is 2. The molecule has 0 unspecified atom stereocenters. The zero-order chi connectivity index (χ0) is 20.9. The Balaban J connectivity index is 1.58. The molecule has 0 aliphatic carbocycles. The molecule has 0 spiro atoms. The molecule has 0 atom stereocenters. The molecule has 3 rings (SSSR count). The summed E-state index contributed by atoms with van der Waals surface area (Å²) < 4.78 is 40.0. The Labute approximate surface area is 169 Å². The maximum absolute atomic E-state index is 13.3. The third kappa shape index (κ3) is 5.99. The monoisotopic (exact) mass is 415 g/mol. The van der Waals surface area contributed by atoms with Gasteiger partial charge in [0, 0.05) is 25.5 Å². The lowest BCUT2D eigenvalue weighted by molar-refractivity contribution is -0.118. The number of imidazole rings is 1. The highest BCUT2D eigenvalue weighted by Crippen LogP contribution is 2.11. The highest BCUT2D eigenvalue weighted by Gasteiger charge is 2.20. The van der Waals surface area contributed by atoms with Crippen LogP contribution in [0.5, 0.6) is 0 Å². The minimum atomic E-state index is -3.69. The molecule has 1 N–H and O–H groups in total. The van der Waals surface area contributed by atoms with Crippen molar-refractivity contribution in [2.24, 2.45) is 0 Å². The molecule has 1 heterocycles. The summed E-state index contributed by atoms with van der Waals surface area (Å²) in [7, 11) is -3.69. The van der Waals surface area contributed by atoms with Crippen LogP contribution in [0.3, 0.4) is 0 Å². The number of amides is 1. The predicted octanol–water partition coefficient (Wildman–Crippen LogP) is 2.61. The van der Waals surface area contributed by atoms with Gasteiger partial charge in [-0.3, -0.25) is 4.79 Å². The standard InChI is InChI=1S/C21H22FN3O3S/c1-16-11-18(7-8-19(16)22)12-24-21(26)15-29(27,28)14-20-23-9-10-25(20)13-17-5-3-2-4-6-17/h2-11H,12-15H2,1H3,(H,24,26). The SMILES string of the molecule is Cc1cc(CNC(=O)CS(=O)(=O)Cc2nccn2Cc2ccccc2)ccc1F. The molecule has 152 valence electrons. The minimum Gasteiger partial charge on any atom is -0.351 e. The van der Waals surface area contributed by atoms with Gasteiger partial charge in [0.15, 0.2) is 9.84 Å². The normalized spacial score (nSPS) is 11.4. The summed E-state index contributed by atoms with van der Waals surface area (Å²) in [4.78, 5) is 16.2. The number of hydrogen-bond donors (Lipinski definition) is 1. The number of halogens is 1. The van der Waals surface area contributed by atoms with E-state index >= 15 is 0 Å². The van der Waals surface area contributed by atoms with Gasteiger partial charge in [0.25, 0.3) is 0 Å². The molecule has 1 aromatic heterocycles. The van der Waals surface area contributed by atoms with Crippen molar-refractivity contribution in [1.82, 2.24) is 14.9 Å². The van der Waals surface area contributed by atoms with Gasteiger partial charge in [-0.15, -0.1) is 0 Å². The lowest BCUT2D eigenvalue weighted by Gasteiger charge is -2.10. The molecule has 0 bridgehead atoms. The molecule has 6 nitrogen and oxygen atoms in total. The van der Waals surface area contributed by atoms with Crippen LogP contribution < -0.4 is 5.32 Å². The topological polar surface area (TPSA) is 81.1 Å². The summed E-state index contributed by atoms with van der Waals surface area (Å²) in [5.74, 6) is -1.50. The van der Waals surface area contributed by atoms with E-state index in [0.29, 0.717) is 23.5 Å². The Morgan fingerprint density at radius 2 is 1.90 bits per heavy atom.